The Bertz CT molecular complexity index is 655. The molecular formula is C14H19NO5S. The van der Waals surface area contributed by atoms with Gasteiger partial charge in [-0.1, -0.05) is 6.07 Å². The van der Waals surface area contributed by atoms with Crippen LogP contribution in [-0.2, 0) is 14.8 Å². The monoisotopic (exact) mass is 313 g/mol. The van der Waals surface area contributed by atoms with E-state index < -0.39 is 28.0 Å². The van der Waals surface area contributed by atoms with E-state index in [1.807, 2.05) is 0 Å². The van der Waals surface area contributed by atoms with E-state index in [4.69, 9.17) is 9.84 Å². The highest BCUT2D eigenvalue weighted by Gasteiger charge is 2.43. The minimum Gasteiger partial charge on any atom is -0.495 e. The van der Waals surface area contributed by atoms with Crippen LogP contribution in [0.1, 0.15) is 18.9 Å². The highest BCUT2D eigenvalue weighted by molar-refractivity contribution is 7.89. The maximum atomic E-state index is 12.8. The molecule has 1 aromatic carbocycles. The van der Waals surface area contributed by atoms with Crippen LogP contribution in [0.15, 0.2) is 23.1 Å². The van der Waals surface area contributed by atoms with Crippen molar-refractivity contribution in [3.63, 3.8) is 0 Å². The number of rotatable bonds is 4. The number of aliphatic carboxylic acids is 1. The van der Waals surface area contributed by atoms with Gasteiger partial charge in [0.1, 0.15) is 10.6 Å². The molecule has 2 rings (SSSR count). The first-order valence-corrected chi connectivity index (χ1v) is 8.12. The van der Waals surface area contributed by atoms with Gasteiger partial charge in [-0.3, -0.25) is 4.79 Å². The van der Waals surface area contributed by atoms with Crippen LogP contribution in [0.2, 0.25) is 0 Å². The third-order valence-corrected chi connectivity index (χ3v) is 5.93. The third kappa shape index (κ3) is 2.75. The molecule has 7 heteroatoms. The van der Waals surface area contributed by atoms with Gasteiger partial charge in [-0.25, -0.2) is 8.42 Å². The molecule has 1 saturated heterocycles. The molecule has 1 aromatic rings. The number of hydrogen-bond donors (Lipinski definition) is 1. The number of nitrogens with zero attached hydrogens (tertiary/aromatic N) is 1. The van der Waals surface area contributed by atoms with Gasteiger partial charge in [0.05, 0.1) is 13.0 Å². The van der Waals surface area contributed by atoms with Crippen molar-refractivity contribution in [2.45, 2.75) is 31.2 Å². The second-order valence-corrected chi connectivity index (χ2v) is 7.10. The molecule has 1 fully saturated rings. The maximum absolute atomic E-state index is 12.8. The first-order valence-electron chi connectivity index (χ1n) is 6.68. The fourth-order valence-corrected chi connectivity index (χ4v) is 4.62. The van der Waals surface area contributed by atoms with Crippen LogP contribution >= 0.6 is 0 Å². The second-order valence-electron chi connectivity index (χ2n) is 5.24. The molecular weight excluding hydrogens is 294 g/mol. The molecule has 2 atom stereocenters. The highest BCUT2D eigenvalue weighted by Crippen LogP contribution is 2.34. The molecule has 0 bridgehead atoms. The number of carboxylic acid groups (broad SMARTS) is 1. The van der Waals surface area contributed by atoms with Gasteiger partial charge in [0.2, 0.25) is 10.0 Å². The Balaban J connectivity index is 2.44. The number of benzene rings is 1. The molecule has 21 heavy (non-hydrogen) atoms. The zero-order valence-electron chi connectivity index (χ0n) is 12.2. The quantitative estimate of drug-likeness (QED) is 0.910. The Labute approximate surface area is 124 Å². The van der Waals surface area contributed by atoms with E-state index in [9.17, 15) is 13.2 Å². The minimum absolute atomic E-state index is 0.0860. The average Bonchev–Trinajstić information content (AvgIpc) is 2.81. The summed E-state index contributed by atoms with van der Waals surface area (Å²) in [5.74, 6) is -1.36. The molecule has 6 nitrogen and oxygen atoms in total. The fourth-order valence-electron chi connectivity index (χ4n) is 2.69. The standard InChI is InChI=1S/C14H19NO5S/c1-9-4-5-12(20-3)13(8-9)21(18,19)15-7-6-11(10(15)2)14(16)17/h4-5,8,10-11H,6-7H2,1-3H3,(H,16,17). The maximum Gasteiger partial charge on any atom is 0.308 e. The molecule has 0 aromatic heterocycles. The Morgan fingerprint density at radius 1 is 1.43 bits per heavy atom. The lowest BCUT2D eigenvalue weighted by Gasteiger charge is -2.23. The van der Waals surface area contributed by atoms with Crippen LogP contribution in [0, 0.1) is 12.8 Å². The topological polar surface area (TPSA) is 83.9 Å². The summed E-state index contributed by atoms with van der Waals surface area (Å²) in [6.45, 7) is 3.63. The lowest BCUT2D eigenvalue weighted by Crippen LogP contribution is -2.37. The number of carbonyl (C=O) groups is 1. The van der Waals surface area contributed by atoms with Crippen LogP contribution < -0.4 is 4.74 Å². The highest BCUT2D eigenvalue weighted by atomic mass is 32.2. The van der Waals surface area contributed by atoms with Crippen molar-refractivity contribution in [3.8, 4) is 5.75 Å². The Morgan fingerprint density at radius 3 is 2.62 bits per heavy atom. The summed E-state index contributed by atoms with van der Waals surface area (Å²) in [4.78, 5) is 11.2. The number of ether oxygens (including phenoxy) is 1. The van der Waals surface area contributed by atoms with E-state index in [-0.39, 0.29) is 17.2 Å². The molecule has 1 heterocycles. The van der Waals surface area contributed by atoms with Crippen LogP contribution in [0.5, 0.6) is 5.75 Å². The lowest BCUT2D eigenvalue weighted by atomic mass is 10.0. The summed E-state index contributed by atoms with van der Waals surface area (Å²) in [6.07, 6.45) is 0.323. The van der Waals surface area contributed by atoms with Gasteiger partial charge >= 0.3 is 5.97 Å². The molecule has 116 valence electrons. The normalized spacial score (nSPS) is 23.2. The Kier molecular flexibility index (Phi) is 4.25. The van der Waals surface area contributed by atoms with Gasteiger partial charge in [0.15, 0.2) is 0 Å². The van der Waals surface area contributed by atoms with Crippen molar-refractivity contribution >= 4 is 16.0 Å². The van der Waals surface area contributed by atoms with Gasteiger partial charge in [0, 0.05) is 12.6 Å². The summed E-state index contributed by atoms with van der Waals surface area (Å²) < 4.78 is 32.0. The minimum atomic E-state index is -3.77. The molecule has 0 saturated carbocycles. The van der Waals surface area contributed by atoms with Crippen LogP contribution in [0.4, 0.5) is 0 Å². The van der Waals surface area contributed by atoms with E-state index in [0.29, 0.717) is 6.42 Å². The van der Waals surface area contributed by atoms with Crippen molar-refractivity contribution in [3.05, 3.63) is 23.8 Å². The first-order chi connectivity index (χ1) is 9.78. The summed E-state index contributed by atoms with van der Waals surface area (Å²) >= 11 is 0. The number of hydrogen-bond acceptors (Lipinski definition) is 4. The molecule has 1 N–H and O–H groups in total. The van der Waals surface area contributed by atoms with Crippen molar-refractivity contribution in [1.82, 2.24) is 4.31 Å². The largest absolute Gasteiger partial charge is 0.495 e. The van der Waals surface area contributed by atoms with E-state index in [0.717, 1.165) is 5.56 Å². The zero-order chi connectivity index (χ0) is 15.8. The average molecular weight is 313 g/mol. The van der Waals surface area contributed by atoms with Crippen molar-refractivity contribution in [1.29, 1.82) is 0 Å². The summed E-state index contributed by atoms with van der Waals surface area (Å²) in [5, 5.41) is 9.14. The predicted molar refractivity (Wildman–Crippen MR) is 76.8 cm³/mol. The summed E-state index contributed by atoms with van der Waals surface area (Å²) in [6, 6.07) is 4.36. The molecule has 0 spiro atoms. The smallest absolute Gasteiger partial charge is 0.308 e. The van der Waals surface area contributed by atoms with Gasteiger partial charge in [-0.2, -0.15) is 4.31 Å². The lowest BCUT2D eigenvalue weighted by molar-refractivity contribution is -0.142. The summed E-state index contributed by atoms with van der Waals surface area (Å²) in [7, 11) is -2.36. The third-order valence-electron chi connectivity index (χ3n) is 3.92. The van der Waals surface area contributed by atoms with Gasteiger partial charge in [-0.15, -0.1) is 0 Å². The van der Waals surface area contributed by atoms with Crippen molar-refractivity contribution in [2.24, 2.45) is 5.92 Å². The van der Waals surface area contributed by atoms with E-state index in [1.165, 1.54) is 11.4 Å². The number of methoxy groups -OCH3 is 1. The molecule has 0 radical (unpaired) electrons. The molecule has 1 aliphatic heterocycles. The Morgan fingerprint density at radius 2 is 2.10 bits per heavy atom. The number of aryl methyl sites for hydroxylation is 1. The van der Waals surface area contributed by atoms with E-state index in [2.05, 4.69) is 0 Å². The van der Waals surface area contributed by atoms with Crippen molar-refractivity contribution in [2.75, 3.05) is 13.7 Å². The van der Waals surface area contributed by atoms with Gasteiger partial charge < -0.3 is 9.84 Å². The van der Waals surface area contributed by atoms with Gasteiger partial charge in [-0.05, 0) is 38.0 Å². The summed E-state index contributed by atoms with van der Waals surface area (Å²) in [5.41, 5.74) is 0.802. The predicted octanol–water partition coefficient (Wildman–Crippen LogP) is 1.49. The molecule has 1 aliphatic rings. The van der Waals surface area contributed by atoms with Crippen molar-refractivity contribution < 1.29 is 23.1 Å². The van der Waals surface area contributed by atoms with Crippen LogP contribution in [0.3, 0.4) is 0 Å². The zero-order valence-corrected chi connectivity index (χ0v) is 13.1. The fraction of sp³-hybridized carbons (Fsp3) is 0.500. The van der Waals surface area contributed by atoms with Crippen LogP contribution in [0.25, 0.3) is 0 Å². The van der Waals surface area contributed by atoms with E-state index >= 15 is 0 Å². The first kappa shape index (κ1) is 15.8. The SMILES string of the molecule is COc1ccc(C)cc1S(=O)(=O)N1CCC(C(=O)O)C1C. The molecule has 0 amide bonds. The Hall–Kier alpha value is -1.60. The van der Waals surface area contributed by atoms with E-state index in [1.54, 1.807) is 32.0 Å². The van der Waals surface area contributed by atoms with Crippen LogP contribution in [-0.4, -0.2) is 43.5 Å². The second kappa shape index (κ2) is 5.65. The molecule has 0 aliphatic carbocycles. The number of sulfonamides is 1. The number of carboxylic acids is 1. The molecule has 2 unspecified atom stereocenters. The van der Waals surface area contributed by atoms with Gasteiger partial charge in [0.25, 0.3) is 0 Å².